The van der Waals surface area contributed by atoms with Crippen molar-refractivity contribution in [1.29, 1.82) is 5.26 Å². The molecule has 5 heterocycles. The predicted octanol–water partition coefficient (Wildman–Crippen LogP) is 1.74. The van der Waals surface area contributed by atoms with Gasteiger partial charge in [-0.2, -0.15) is 5.26 Å². The lowest BCUT2D eigenvalue weighted by Gasteiger charge is -2.49. The summed E-state index contributed by atoms with van der Waals surface area (Å²) >= 11 is 0. The molecule has 1 aromatic heterocycles. The largest absolute Gasteiger partial charge is 0.478 e. The third kappa shape index (κ3) is 4.66. The van der Waals surface area contributed by atoms with Gasteiger partial charge in [0, 0.05) is 68.8 Å². The number of piperidine rings is 1. The molecule has 3 saturated heterocycles. The Kier molecular flexibility index (Phi) is 7.31. The Morgan fingerprint density at radius 3 is 2.62 bits per heavy atom. The molecule has 11 nitrogen and oxygen atoms in total. The number of nitriles is 1. The Bertz CT molecular complexity index is 1310. The number of hydrogen-bond donors (Lipinski definition) is 2. The summed E-state index contributed by atoms with van der Waals surface area (Å²) in [5.74, 6) is -0.151. The van der Waals surface area contributed by atoms with Crippen LogP contribution < -0.4 is 15.4 Å². The van der Waals surface area contributed by atoms with Crippen LogP contribution in [0.3, 0.4) is 0 Å². The van der Waals surface area contributed by atoms with E-state index in [1.165, 1.54) is 0 Å². The molecule has 0 saturated carbocycles. The quantitative estimate of drug-likeness (QED) is 0.563. The summed E-state index contributed by atoms with van der Waals surface area (Å²) in [5.41, 5.74) is 0.278. The van der Waals surface area contributed by atoms with Crippen molar-refractivity contribution in [2.45, 2.75) is 37.4 Å². The first kappa shape index (κ1) is 26.5. The van der Waals surface area contributed by atoms with Crippen LogP contribution in [0.5, 0.6) is 5.88 Å². The van der Waals surface area contributed by atoms with Crippen LogP contribution in [0.2, 0.25) is 0 Å². The van der Waals surface area contributed by atoms with Crippen molar-refractivity contribution < 1.29 is 19.1 Å². The van der Waals surface area contributed by atoms with Crippen LogP contribution in [0.15, 0.2) is 36.5 Å². The molecule has 11 heteroatoms. The smallest absolute Gasteiger partial charge is 0.318 e. The van der Waals surface area contributed by atoms with Crippen molar-refractivity contribution in [2.24, 2.45) is 0 Å². The van der Waals surface area contributed by atoms with Crippen LogP contribution in [0.25, 0.3) is 0 Å². The number of likely N-dealkylation sites (tertiary alicyclic amines) is 2. The van der Waals surface area contributed by atoms with E-state index in [9.17, 15) is 14.9 Å². The third-order valence-corrected chi connectivity index (χ3v) is 8.62. The van der Waals surface area contributed by atoms with Gasteiger partial charge in [0.15, 0.2) is 5.54 Å². The maximum atomic E-state index is 13.7. The molecule has 1 unspecified atom stereocenters. The highest BCUT2D eigenvalue weighted by Gasteiger charge is 2.53. The zero-order chi connectivity index (χ0) is 27.7. The number of hydrogen-bond acceptors (Lipinski definition) is 8. The number of carbonyl (C=O) groups excluding carboxylic acids is 2. The molecular formula is C29H35N7O4. The van der Waals surface area contributed by atoms with Crippen LogP contribution in [-0.2, 0) is 15.1 Å². The summed E-state index contributed by atoms with van der Waals surface area (Å²) in [5, 5.41) is 15.5. The molecule has 1 atom stereocenters. The second kappa shape index (κ2) is 11.0. The van der Waals surface area contributed by atoms with E-state index < -0.39 is 11.4 Å². The molecule has 40 heavy (non-hydrogen) atoms. The first-order valence-electron chi connectivity index (χ1n) is 14.1. The molecule has 3 fully saturated rings. The lowest BCUT2D eigenvalue weighted by Crippen LogP contribution is -2.66. The van der Waals surface area contributed by atoms with Gasteiger partial charge in [-0.25, -0.2) is 9.78 Å². The van der Waals surface area contributed by atoms with E-state index in [-0.39, 0.29) is 11.9 Å². The number of benzene rings is 1. The second-order valence-corrected chi connectivity index (χ2v) is 10.8. The zero-order valence-corrected chi connectivity index (χ0v) is 22.8. The first-order chi connectivity index (χ1) is 19.5. The Balaban J connectivity index is 1.19. The molecule has 6 rings (SSSR count). The summed E-state index contributed by atoms with van der Waals surface area (Å²) in [4.78, 5) is 38.6. The van der Waals surface area contributed by atoms with Gasteiger partial charge in [0.25, 0.3) is 5.91 Å². The molecule has 0 radical (unpaired) electrons. The first-order valence-corrected chi connectivity index (χ1v) is 14.1. The van der Waals surface area contributed by atoms with Gasteiger partial charge >= 0.3 is 6.03 Å². The molecule has 0 aliphatic carbocycles. The average molecular weight is 546 g/mol. The highest BCUT2D eigenvalue weighted by atomic mass is 16.5. The number of nitrogens with one attached hydrogen (secondary N) is 2. The third-order valence-electron chi connectivity index (χ3n) is 8.62. The van der Waals surface area contributed by atoms with Crippen molar-refractivity contribution in [3.05, 3.63) is 53.2 Å². The Morgan fingerprint density at radius 1 is 1.15 bits per heavy atom. The van der Waals surface area contributed by atoms with Crippen LogP contribution in [0.1, 0.15) is 36.5 Å². The number of carbonyl (C=O) groups is 2. The van der Waals surface area contributed by atoms with E-state index >= 15 is 0 Å². The van der Waals surface area contributed by atoms with E-state index in [0.29, 0.717) is 54.2 Å². The Hall–Kier alpha value is -3.72. The topological polar surface area (TPSA) is 123 Å². The molecule has 3 amide bonds. The lowest BCUT2D eigenvalue weighted by molar-refractivity contribution is -0.120. The molecular weight excluding hydrogens is 510 g/mol. The standard InChI is InChI=1S/C29H35N7O4/c1-2-40-26-23(4-3-9-31-26)29(24-16-20(17-30)5-6-25(24)32-27(29)37)33-28(38)36-18-22(19-36)34-10-7-21(8-11-34)35-12-14-39-15-13-35/h3-6,9,16,21-22H,2,7-8,10-15,18-19H2,1H3,(H,32,37)(H,33,38). The molecule has 4 aliphatic rings. The van der Waals surface area contributed by atoms with Crippen molar-refractivity contribution in [2.75, 3.05) is 64.4 Å². The zero-order valence-electron chi connectivity index (χ0n) is 22.8. The number of rotatable bonds is 6. The number of ether oxygens (including phenoxy) is 2. The van der Waals surface area contributed by atoms with Gasteiger partial charge in [0.2, 0.25) is 5.88 Å². The molecule has 210 valence electrons. The fourth-order valence-corrected chi connectivity index (χ4v) is 6.41. The van der Waals surface area contributed by atoms with Crippen molar-refractivity contribution in [3.8, 4) is 11.9 Å². The lowest BCUT2D eigenvalue weighted by atomic mass is 9.83. The summed E-state index contributed by atoms with van der Waals surface area (Å²) in [6, 6.07) is 11.2. The Morgan fingerprint density at radius 2 is 1.90 bits per heavy atom. The monoisotopic (exact) mass is 545 g/mol. The van der Waals surface area contributed by atoms with Crippen LogP contribution >= 0.6 is 0 Å². The van der Waals surface area contributed by atoms with E-state index in [0.717, 1.165) is 52.2 Å². The number of fused-ring (bicyclic) bond motifs is 1. The number of amides is 3. The second-order valence-electron chi connectivity index (χ2n) is 10.8. The van der Waals surface area contributed by atoms with E-state index in [1.807, 2.05) is 6.92 Å². The summed E-state index contributed by atoms with van der Waals surface area (Å²) < 4.78 is 11.3. The predicted molar refractivity (Wildman–Crippen MR) is 147 cm³/mol. The van der Waals surface area contributed by atoms with Gasteiger partial charge in [-0.3, -0.25) is 14.6 Å². The van der Waals surface area contributed by atoms with Gasteiger partial charge in [-0.05, 0) is 50.1 Å². The minimum atomic E-state index is -1.58. The average Bonchev–Trinajstić information content (AvgIpc) is 3.24. The van der Waals surface area contributed by atoms with Crippen LogP contribution in [0.4, 0.5) is 10.5 Å². The summed E-state index contributed by atoms with van der Waals surface area (Å²) in [6.07, 6.45) is 3.85. The van der Waals surface area contributed by atoms with Gasteiger partial charge in [0.05, 0.1) is 37.0 Å². The van der Waals surface area contributed by atoms with Crippen molar-refractivity contribution >= 4 is 17.6 Å². The van der Waals surface area contributed by atoms with E-state index in [2.05, 4.69) is 31.5 Å². The number of aromatic nitrogens is 1. The highest BCUT2D eigenvalue weighted by Crippen LogP contribution is 2.44. The number of anilines is 1. The van der Waals surface area contributed by atoms with E-state index in [4.69, 9.17) is 9.47 Å². The number of pyridine rings is 1. The van der Waals surface area contributed by atoms with Crippen LogP contribution in [0, 0.1) is 11.3 Å². The van der Waals surface area contributed by atoms with Crippen molar-refractivity contribution in [3.63, 3.8) is 0 Å². The molecule has 0 bridgehead atoms. The number of nitrogens with zero attached hydrogens (tertiary/aromatic N) is 5. The minimum absolute atomic E-state index is 0.264. The minimum Gasteiger partial charge on any atom is -0.478 e. The molecule has 2 aromatic rings. The van der Waals surface area contributed by atoms with E-state index in [1.54, 1.807) is 41.4 Å². The fraction of sp³-hybridized carbons (Fsp3) is 0.517. The van der Waals surface area contributed by atoms with Gasteiger partial charge < -0.3 is 25.0 Å². The van der Waals surface area contributed by atoms with Gasteiger partial charge in [0.1, 0.15) is 0 Å². The number of morpholine rings is 1. The number of urea groups is 1. The molecule has 0 spiro atoms. The van der Waals surface area contributed by atoms with Crippen molar-refractivity contribution in [1.82, 2.24) is 25.0 Å². The SMILES string of the molecule is CCOc1ncccc1C1(NC(=O)N2CC(N3CCC(N4CCOCC4)CC3)C2)C(=O)Nc2ccc(C#N)cc21. The molecule has 4 aliphatic heterocycles. The highest BCUT2D eigenvalue weighted by molar-refractivity contribution is 6.10. The maximum absolute atomic E-state index is 13.7. The van der Waals surface area contributed by atoms with Gasteiger partial charge in [-0.15, -0.1) is 0 Å². The van der Waals surface area contributed by atoms with Gasteiger partial charge in [-0.1, -0.05) is 0 Å². The molecule has 2 N–H and O–H groups in total. The summed E-state index contributed by atoms with van der Waals surface area (Å²) in [6.45, 7) is 9.08. The Labute approximate surface area is 234 Å². The fourth-order valence-electron chi connectivity index (χ4n) is 6.41. The summed E-state index contributed by atoms with van der Waals surface area (Å²) in [7, 11) is 0. The van der Waals surface area contributed by atoms with Crippen LogP contribution in [-0.4, -0.2) is 103 Å². The maximum Gasteiger partial charge on any atom is 0.318 e. The molecule has 1 aromatic carbocycles. The normalized spacial score (nSPS) is 24.1.